The molecule has 0 saturated heterocycles. The van der Waals surface area contributed by atoms with Crippen LogP contribution >= 0.6 is 15.9 Å². The van der Waals surface area contributed by atoms with Crippen LogP contribution in [0.1, 0.15) is 0 Å². The van der Waals surface area contributed by atoms with Gasteiger partial charge in [0.2, 0.25) is 5.88 Å². The number of pyridine rings is 1. The average molecular weight is 272 g/mol. The Kier molecular flexibility index (Phi) is 2.74. The van der Waals surface area contributed by atoms with Crippen LogP contribution in [0.15, 0.2) is 10.5 Å². The van der Waals surface area contributed by atoms with Gasteiger partial charge in [0, 0.05) is 6.07 Å². The number of nitrogens with two attached hydrogens (primary N) is 2. The topological polar surface area (TPSA) is 74.2 Å². The van der Waals surface area contributed by atoms with E-state index in [-0.39, 0.29) is 16.0 Å². The van der Waals surface area contributed by atoms with Crippen LogP contribution < -0.4 is 16.2 Å². The summed E-state index contributed by atoms with van der Waals surface area (Å²) in [6.45, 7) is 0. The lowest BCUT2D eigenvalue weighted by atomic mass is 10.4. The molecule has 1 rings (SSSR count). The van der Waals surface area contributed by atoms with Crippen LogP contribution in [0.3, 0.4) is 0 Å². The van der Waals surface area contributed by atoms with Crippen molar-refractivity contribution in [3.05, 3.63) is 10.5 Å². The highest BCUT2D eigenvalue weighted by Crippen LogP contribution is 2.33. The molecule has 78 valence electrons. The van der Waals surface area contributed by atoms with E-state index >= 15 is 0 Å². The van der Waals surface area contributed by atoms with Crippen molar-refractivity contribution in [3.63, 3.8) is 0 Å². The second-order valence-electron chi connectivity index (χ2n) is 2.30. The Balaban J connectivity index is 3.09. The van der Waals surface area contributed by atoms with Crippen LogP contribution in [0.25, 0.3) is 0 Å². The molecule has 0 amide bonds. The third-order valence-electron chi connectivity index (χ3n) is 1.19. The largest absolute Gasteiger partial charge is 0.574 e. The molecular formula is C6H5BrF3N3O. The number of ether oxygens (including phenoxy) is 1. The Bertz CT molecular complexity index is 355. The Hall–Kier alpha value is -1.18. The number of alkyl halides is 3. The van der Waals surface area contributed by atoms with Crippen LogP contribution in [-0.2, 0) is 0 Å². The first-order chi connectivity index (χ1) is 6.29. The molecule has 0 spiro atoms. The molecule has 0 aromatic carbocycles. The third kappa shape index (κ3) is 2.66. The predicted molar refractivity (Wildman–Crippen MR) is 47.4 cm³/mol. The molecule has 0 saturated carbocycles. The standard InChI is InChI=1S/C6H5BrF3N3O/c7-4-2(11)1-3(12)13-5(4)14-6(8,9)10/h1H,(H4,11,12,13). The molecular weight excluding hydrogens is 267 g/mol. The lowest BCUT2D eigenvalue weighted by Gasteiger charge is -2.10. The maximum absolute atomic E-state index is 11.8. The number of hydrogen-bond acceptors (Lipinski definition) is 4. The molecule has 0 fully saturated rings. The Morgan fingerprint density at radius 2 is 1.93 bits per heavy atom. The molecule has 1 aromatic heterocycles. The fourth-order valence-electron chi connectivity index (χ4n) is 0.722. The fraction of sp³-hybridized carbons (Fsp3) is 0.167. The summed E-state index contributed by atoms with van der Waals surface area (Å²) in [6.07, 6.45) is -4.82. The van der Waals surface area contributed by atoms with Crippen molar-refractivity contribution in [2.75, 3.05) is 11.5 Å². The van der Waals surface area contributed by atoms with Crippen molar-refractivity contribution in [3.8, 4) is 5.88 Å². The van der Waals surface area contributed by atoms with E-state index in [1.54, 1.807) is 0 Å². The first-order valence-electron chi connectivity index (χ1n) is 3.27. The second-order valence-corrected chi connectivity index (χ2v) is 3.10. The summed E-state index contributed by atoms with van der Waals surface area (Å²) < 4.78 is 39.0. The minimum Gasteiger partial charge on any atom is -0.398 e. The van der Waals surface area contributed by atoms with Crippen LogP contribution in [0.5, 0.6) is 5.88 Å². The minimum absolute atomic E-state index is 0.0248. The minimum atomic E-state index is -4.82. The number of halogens is 4. The molecule has 0 bridgehead atoms. The van der Waals surface area contributed by atoms with Crippen molar-refractivity contribution in [1.82, 2.24) is 4.98 Å². The number of anilines is 2. The quantitative estimate of drug-likeness (QED) is 0.818. The zero-order valence-electron chi connectivity index (χ0n) is 6.60. The molecule has 0 radical (unpaired) electrons. The number of rotatable bonds is 1. The molecule has 8 heteroatoms. The van der Waals surface area contributed by atoms with Crippen LogP contribution in [-0.4, -0.2) is 11.3 Å². The highest BCUT2D eigenvalue weighted by molar-refractivity contribution is 9.10. The number of nitrogen functional groups attached to an aromatic ring is 2. The van der Waals surface area contributed by atoms with Crippen molar-refractivity contribution in [2.24, 2.45) is 0 Å². The van der Waals surface area contributed by atoms with Gasteiger partial charge in [-0.2, -0.15) is 4.98 Å². The van der Waals surface area contributed by atoms with Gasteiger partial charge in [-0.3, -0.25) is 0 Å². The van der Waals surface area contributed by atoms with Crippen molar-refractivity contribution in [2.45, 2.75) is 6.36 Å². The van der Waals surface area contributed by atoms with Crippen molar-refractivity contribution in [1.29, 1.82) is 0 Å². The highest BCUT2D eigenvalue weighted by atomic mass is 79.9. The van der Waals surface area contributed by atoms with Gasteiger partial charge in [0.15, 0.2) is 0 Å². The Labute approximate surface area is 85.2 Å². The summed E-state index contributed by atoms with van der Waals surface area (Å²) in [6, 6.07) is 1.22. The summed E-state index contributed by atoms with van der Waals surface area (Å²) in [5, 5.41) is 0. The van der Waals surface area contributed by atoms with Gasteiger partial charge < -0.3 is 16.2 Å². The maximum Gasteiger partial charge on any atom is 0.574 e. The van der Waals surface area contributed by atoms with E-state index in [9.17, 15) is 13.2 Å². The summed E-state index contributed by atoms with van der Waals surface area (Å²) in [5.74, 6) is -0.847. The zero-order chi connectivity index (χ0) is 10.9. The molecule has 1 aromatic rings. The summed E-state index contributed by atoms with van der Waals surface area (Å²) in [5.41, 5.74) is 10.5. The van der Waals surface area contributed by atoms with E-state index in [0.29, 0.717) is 0 Å². The van der Waals surface area contributed by atoms with Crippen molar-refractivity contribution >= 4 is 27.4 Å². The van der Waals surface area contributed by atoms with Gasteiger partial charge in [0.1, 0.15) is 10.3 Å². The van der Waals surface area contributed by atoms with E-state index < -0.39 is 12.2 Å². The predicted octanol–water partition coefficient (Wildman–Crippen LogP) is 1.91. The van der Waals surface area contributed by atoms with Crippen molar-refractivity contribution < 1.29 is 17.9 Å². The molecule has 0 unspecified atom stereocenters. The van der Waals surface area contributed by atoms with Gasteiger partial charge in [0.05, 0.1) is 5.69 Å². The molecule has 1 heterocycles. The van der Waals surface area contributed by atoms with Crippen LogP contribution in [0.4, 0.5) is 24.7 Å². The van der Waals surface area contributed by atoms with Crippen LogP contribution in [0, 0.1) is 0 Å². The smallest absolute Gasteiger partial charge is 0.398 e. The molecule has 4 N–H and O–H groups in total. The molecule has 14 heavy (non-hydrogen) atoms. The lowest BCUT2D eigenvalue weighted by Crippen LogP contribution is -2.18. The first kappa shape index (κ1) is 10.9. The normalized spacial score (nSPS) is 11.4. The Morgan fingerprint density at radius 3 is 2.43 bits per heavy atom. The average Bonchev–Trinajstić information content (AvgIpc) is 1.96. The van der Waals surface area contributed by atoms with Gasteiger partial charge in [-0.15, -0.1) is 13.2 Å². The van der Waals surface area contributed by atoms with E-state index in [1.807, 2.05) is 0 Å². The van der Waals surface area contributed by atoms with Gasteiger partial charge in [-0.25, -0.2) is 0 Å². The van der Waals surface area contributed by atoms with E-state index in [0.717, 1.165) is 0 Å². The third-order valence-corrected chi connectivity index (χ3v) is 1.98. The number of hydrogen-bond donors (Lipinski definition) is 2. The van der Waals surface area contributed by atoms with Gasteiger partial charge in [0.25, 0.3) is 0 Å². The summed E-state index contributed by atoms with van der Waals surface area (Å²) in [4.78, 5) is 3.33. The maximum atomic E-state index is 11.8. The van der Waals surface area contributed by atoms with Crippen LogP contribution in [0.2, 0.25) is 0 Å². The Morgan fingerprint density at radius 1 is 1.36 bits per heavy atom. The molecule has 4 nitrogen and oxygen atoms in total. The van der Waals surface area contributed by atoms with E-state index in [4.69, 9.17) is 11.5 Å². The second kappa shape index (κ2) is 3.52. The van der Waals surface area contributed by atoms with Gasteiger partial charge >= 0.3 is 6.36 Å². The highest BCUT2D eigenvalue weighted by Gasteiger charge is 2.33. The van der Waals surface area contributed by atoms with Gasteiger partial charge in [-0.1, -0.05) is 0 Å². The SMILES string of the molecule is Nc1cc(N)c(Br)c(OC(F)(F)F)n1. The monoisotopic (exact) mass is 271 g/mol. The zero-order valence-corrected chi connectivity index (χ0v) is 8.19. The molecule has 0 aliphatic carbocycles. The molecule has 0 atom stereocenters. The number of aromatic nitrogens is 1. The van der Waals surface area contributed by atoms with E-state index in [1.165, 1.54) is 6.07 Å². The lowest BCUT2D eigenvalue weighted by molar-refractivity contribution is -0.276. The summed E-state index contributed by atoms with van der Waals surface area (Å²) in [7, 11) is 0. The van der Waals surface area contributed by atoms with Gasteiger partial charge in [-0.05, 0) is 15.9 Å². The first-order valence-corrected chi connectivity index (χ1v) is 4.06. The molecule has 0 aliphatic rings. The summed E-state index contributed by atoms with van der Waals surface area (Å²) >= 11 is 2.80. The van der Waals surface area contributed by atoms with E-state index in [2.05, 4.69) is 25.7 Å². The molecule has 0 aliphatic heterocycles. The fourth-order valence-corrected chi connectivity index (χ4v) is 1.01. The number of nitrogens with zero attached hydrogens (tertiary/aromatic N) is 1.